The number of hydrogen-bond acceptors (Lipinski definition) is 4. The van der Waals surface area contributed by atoms with Crippen LogP contribution in [0, 0.1) is 12.8 Å². The molecule has 1 aliphatic carbocycles. The van der Waals surface area contributed by atoms with Gasteiger partial charge in [0.05, 0.1) is 11.9 Å². The Balaban J connectivity index is 1.51. The first-order valence-electron chi connectivity index (χ1n) is 9.33. The minimum atomic E-state index is 0.254. The van der Waals surface area contributed by atoms with Gasteiger partial charge in [0.25, 0.3) is 0 Å². The van der Waals surface area contributed by atoms with Gasteiger partial charge in [0.1, 0.15) is 5.82 Å². The summed E-state index contributed by atoms with van der Waals surface area (Å²) in [5.74, 6) is 2.58. The zero-order valence-corrected chi connectivity index (χ0v) is 14.8. The Hall–Kier alpha value is -2.24. The van der Waals surface area contributed by atoms with E-state index in [0.717, 1.165) is 56.1 Å². The van der Waals surface area contributed by atoms with Gasteiger partial charge in [0, 0.05) is 43.5 Å². The van der Waals surface area contributed by atoms with Crippen LogP contribution in [0.4, 0.5) is 0 Å². The zero-order chi connectivity index (χ0) is 17.2. The third kappa shape index (κ3) is 3.30. The summed E-state index contributed by atoms with van der Waals surface area (Å²) in [4.78, 5) is 28.3. The molecule has 132 valence electrons. The lowest BCUT2D eigenvalue weighted by molar-refractivity contribution is -0.136. The second kappa shape index (κ2) is 6.94. The van der Waals surface area contributed by atoms with Crippen molar-refractivity contribution < 1.29 is 4.79 Å². The summed E-state index contributed by atoms with van der Waals surface area (Å²) in [5, 5.41) is 0. The molecule has 6 nitrogen and oxygen atoms in total. The van der Waals surface area contributed by atoms with Crippen LogP contribution in [0.3, 0.4) is 0 Å². The zero-order valence-electron chi connectivity index (χ0n) is 14.8. The molecule has 25 heavy (non-hydrogen) atoms. The van der Waals surface area contributed by atoms with E-state index < -0.39 is 0 Å². The molecule has 1 saturated heterocycles. The maximum Gasteiger partial charge on any atom is 0.225 e. The first-order valence-corrected chi connectivity index (χ1v) is 9.33. The highest BCUT2D eigenvalue weighted by molar-refractivity contribution is 5.79. The van der Waals surface area contributed by atoms with E-state index in [1.54, 1.807) is 12.4 Å². The number of rotatable bonds is 3. The third-order valence-corrected chi connectivity index (χ3v) is 5.57. The molecule has 2 fully saturated rings. The highest BCUT2D eigenvalue weighted by Gasteiger charge is 2.31. The molecule has 0 bridgehead atoms. The molecule has 1 amide bonds. The van der Waals surface area contributed by atoms with E-state index in [9.17, 15) is 4.79 Å². The van der Waals surface area contributed by atoms with Gasteiger partial charge < -0.3 is 4.90 Å². The van der Waals surface area contributed by atoms with Crippen molar-refractivity contribution in [2.24, 2.45) is 5.92 Å². The van der Waals surface area contributed by atoms with Gasteiger partial charge in [0.2, 0.25) is 5.91 Å². The molecule has 2 aromatic rings. The average molecular weight is 339 g/mol. The summed E-state index contributed by atoms with van der Waals surface area (Å²) in [6.45, 7) is 3.62. The second-order valence-electron chi connectivity index (χ2n) is 7.25. The minimum absolute atomic E-state index is 0.254. The highest BCUT2D eigenvalue weighted by atomic mass is 16.2. The predicted molar refractivity (Wildman–Crippen MR) is 94.4 cm³/mol. The van der Waals surface area contributed by atoms with Crippen molar-refractivity contribution in [3.05, 3.63) is 36.3 Å². The van der Waals surface area contributed by atoms with Gasteiger partial charge in [-0.15, -0.1) is 0 Å². The molecule has 0 radical (unpaired) electrons. The highest BCUT2D eigenvalue weighted by Crippen LogP contribution is 2.31. The van der Waals surface area contributed by atoms with E-state index in [1.807, 2.05) is 23.9 Å². The van der Waals surface area contributed by atoms with Gasteiger partial charge in [-0.3, -0.25) is 14.3 Å². The molecular formula is C19H25N5O. The van der Waals surface area contributed by atoms with Crippen LogP contribution < -0.4 is 0 Å². The van der Waals surface area contributed by atoms with Crippen LogP contribution in [0.25, 0.3) is 5.82 Å². The topological polar surface area (TPSA) is 63.9 Å². The Bertz CT molecular complexity index is 750. The molecule has 0 N–H and O–H groups in total. The first kappa shape index (κ1) is 16.2. The van der Waals surface area contributed by atoms with Crippen molar-refractivity contribution in [1.29, 1.82) is 0 Å². The Kier molecular flexibility index (Phi) is 4.51. The van der Waals surface area contributed by atoms with Gasteiger partial charge in [0.15, 0.2) is 5.82 Å². The molecule has 3 heterocycles. The van der Waals surface area contributed by atoms with E-state index in [2.05, 4.69) is 14.9 Å². The molecule has 2 aliphatic rings. The van der Waals surface area contributed by atoms with Crippen molar-refractivity contribution in [2.75, 3.05) is 13.1 Å². The number of hydrogen-bond donors (Lipinski definition) is 0. The second-order valence-corrected chi connectivity index (χ2v) is 7.25. The summed E-state index contributed by atoms with van der Waals surface area (Å²) in [6, 6.07) is 0. The van der Waals surface area contributed by atoms with Crippen LogP contribution in [-0.4, -0.2) is 43.4 Å². The molecule has 4 rings (SSSR count). The van der Waals surface area contributed by atoms with Crippen molar-refractivity contribution in [1.82, 2.24) is 24.4 Å². The SMILES string of the molecule is Cc1nccn1-c1cncc([C@H]2CCCN(C(=O)C3CCCC3)C2)n1. The fourth-order valence-corrected chi connectivity index (χ4v) is 4.15. The van der Waals surface area contributed by atoms with Crippen molar-refractivity contribution >= 4 is 5.91 Å². The van der Waals surface area contributed by atoms with Crippen LogP contribution in [0.15, 0.2) is 24.8 Å². The molecule has 1 atom stereocenters. The summed E-state index contributed by atoms with van der Waals surface area (Å²) >= 11 is 0. The Labute approximate surface area is 148 Å². The van der Waals surface area contributed by atoms with Crippen LogP contribution in [0.5, 0.6) is 0 Å². The molecule has 1 aliphatic heterocycles. The number of amides is 1. The van der Waals surface area contributed by atoms with Gasteiger partial charge in [-0.25, -0.2) is 9.97 Å². The quantitative estimate of drug-likeness (QED) is 0.862. The van der Waals surface area contributed by atoms with Crippen molar-refractivity contribution in [3.8, 4) is 5.82 Å². The molecule has 0 unspecified atom stereocenters. The Morgan fingerprint density at radius 3 is 2.76 bits per heavy atom. The van der Waals surface area contributed by atoms with E-state index >= 15 is 0 Å². The fourth-order valence-electron chi connectivity index (χ4n) is 4.15. The summed E-state index contributed by atoms with van der Waals surface area (Å²) in [7, 11) is 0. The van der Waals surface area contributed by atoms with Crippen LogP contribution in [0.2, 0.25) is 0 Å². The lowest BCUT2D eigenvalue weighted by Crippen LogP contribution is -2.42. The number of carbonyl (C=O) groups excluding carboxylic acids is 1. The molecule has 6 heteroatoms. The number of nitrogens with zero attached hydrogens (tertiary/aromatic N) is 5. The smallest absolute Gasteiger partial charge is 0.225 e. The standard InChI is InChI=1S/C19H25N5O/c1-14-21-8-10-24(14)18-12-20-11-17(22-18)16-7-4-9-23(13-16)19(25)15-5-2-3-6-15/h8,10-12,15-16H,2-7,9,13H2,1H3/t16-/m0/s1. The van der Waals surface area contributed by atoms with Crippen LogP contribution in [-0.2, 0) is 4.79 Å². The van der Waals surface area contributed by atoms with Gasteiger partial charge >= 0.3 is 0 Å². The van der Waals surface area contributed by atoms with E-state index in [-0.39, 0.29) is 11.8 Å². The van der Waals surface area contributed by atoms with Gasteiger partial charge in [-0.05, 0) is 32.6 Å². The number of aryl methyl sites for hydroxylation is 1. The number of carbonyl (C=O) groups is 1. The molecule has 0 spiro atoms. The van der Waals surface area contributed by atoms with Gasteiger partial charge in [-0.2, -0.15) is 0 Å². The van der Waals surface area contributed by atoms with E-state index in [0.29, 0.717) is 5.91 Å². The Morgan fingerprint density at radius 2 is 2.00 bits per heavy atom. The molecule has 0 aromatic carbocycles. The van der Waals surface area contributed by atoms with E-state index in [1.165, 1.54) is 12.8 Å². The first-order chi connectivity index (χ1) is 12.2. The minimum Gasteiger partial charge on any atom is -0.342 e. The number of aromatic nitrogens is 4. The third-order valence-electron chi connectivity index (χ3n) is 5.57. The molecular weight excluding hydrogens is 314 g/mol. The maximum absolute atomic E-state index is 12.8. The normalized spacial score (nSPS) is 21.6. The Morgan fingerprint density at radius 1 is 1.16 bits per heavy atom. The average Bonchev–Trinajstić information content (AvgIpc) is 3.33. The van der Waals surface area contributed by atoms with Crippen LogP contribution >= 0.6 is 0 Å². The van der Waals surface area contributed by atoms with Crippen molar-refractivity contribution in [2.45, 2.75) is 51.4 Å². The lowest BCUT2D eigenvalue weighted by atomic mass is 9.93. The number of piperidine rings is 1. The summed E-state index contributed by atoms with van der Waals surface area (Å²) in [5.41, 5.74) is 0.981. The van der Waals surface area contributed by atoms with Gasteiger partial charge in [-0.1, -0.05) is 12.8 Å². The van der Waals surface area contributed by atoms with Crippen molar-refractivity contribution in [3.63, 3.8) is 0 Å². The largest absolute Gasteiger partial charge is 0.342 e. The molecule has 2 aromatic heterocycles. The fraction of sp³-hybridized carbons (Fsp3) is 0.579. The maximum atomic E-state index is 12.8. The monoisotopic (exact) mass is 339 g/mol. The number of imidazole rings is 1. The number of likely N-dealkylation sites (tertiary alicyclic amines) is 1. The summed E-state index contributed by atoms with van der Waals surface area (Å²) < 4.78 is 1.95. The summed E-state index contributed by atoms with van der Waals surface area (Å²) in [6.07, 6.45) is 13.9. The lowest BCUT2D eigenvalue weighted by Gasteiger charge is -2.34. The predicted octanol–water partition coefficient (Wildman–Crippen LogP) is 2.87. The van der Waals surface area contributed by atoms with E-state index in [4.69, 9.17) is 4.98 Å². The molecule has 1 saturated carbocycles. The van der Waals surface area contributed by atoms with Crippen LogP contribution in [0.1, 0.15) is 56.0 Å².